The van der Waals surface area contributed by atoms with Gasteiger partial charge in [0, 0.05) is 15.6 Å². The molecule has 0 radical (unpaired) electrons. The average molecular weight is 445 g/mol. The number of ether oxygens (including phenoxy) is 1. The molecule has 0 atom stereocenters. The predicted octanol–water partition coefficient (Wildman–Crippen LogP) is 5.30. The summed E-state index contributed by atoms with van der Waals surface area (Å²) in [6.07, 6.45) is 3.51. The fourth-order valence-electron chi connectivity index (χ4n) is 1.65. The molecule has 0 amide bonds. The summed E-state index contributed by atoms with van der Waals surface area (Å²) in [6.45, 7) is 0. The first kappa shape index (κ1) is 16.9. The van der Waals surface area contributed by atoms with Gasteiger partial charge in [0.2, 0.25) is 0 Å². The first-order chi connectivity index (χ1) is 10.5. The number of benzene rings is 2. The molecule has 6 heteroatoms. The first-order valence-electron chi connectivity index (χ1n) is 6.09. The number of halogens is 3. The zero-order valence-corrected chi connectivity index (χ0v) is 15.0. The van der Waals surface area contributed by atoms with E-state index >= 15 is 0 Å². The Labute approximate surface area is 149 Å². The van der Waals surface area contributed by atoms with Crippen molar-refractivity contribution in [3.05, 3.63) is 67.6 Å². The van der Waals surface area contributed by atoms with E-state index in [-0.39, 0.29) is 11.3 Å². The van der Waals surface area contributed by atoms with Gasteiger partial charge >= 0.3 is 5.97 Å². The zero-order valence-electron chi connectivity index (χ0n) is 11.1. The third kappa shape index (κ3) is 4.53. The lowest BCUT2D eigenvalue weighted by molar-refractivity contribution is -0.128. The van der Waals surface area contributed by atoms with Gasteiger partial charge < -0.3 is 4.74 Å². The van der Waals surface area contributed by atoms with E-state index in [2.05, 4.69) is 31.9 Å². The number of esters is 1. The van der Waals surface area contributed by atoms with Gasteiger partial charge in [0.15, 0.2) is 12.0 Å². The van der Waals surface area contributed by atoms with Gasteiger partial charge in [-0.3, -0.25) is 4.79 Å². The molecule has 0 spiro atoms. The highest BCUT2D eigenvalue weighted by Gasteiger charge is 2.12. The zero-order chi connectivity index (χ0) is 16.1. The quantitative estimate of drug-likeness (QED) is 0.278. The molecule has 0 aliphatic heterocycles. The Bertz CT molecular complexity index is 740. The van der Waals surface area contributed by atoms with Crippen LogP contribution in [-0.4, -0.2) is 12.3 Å². The molecule has 0 N–H and O–H groups in total. The molecule has 0 saturated heterocycles. The number of carbonyl (C=O) groups excluding carboxylic acids is 2. The highest BCUT2D eigenvalue weighted by atomic mass is 79.9. The van der Waals surface area contributed by atoms with E-state index in [9.17, 15) is 9.59 Å². The summed E-state index contributed by atoms with van der Waals surface area (Å²) in [5, 5.41) is 0.620. The molecule has 0 aliphatic carbocycles. The smallest absolute Gasteiger partial charge is 0.336 e. The van der Waals surface area contributed by atoms with E-state index in [4.69, 9.17) is 16.3 Å². The third-order valence-electron chi connectivity index (χ3n) is 2.65. The van der Waals surface area contributed by atoms with E-state index in [1.54, 1.807) is 42.5 Å². The maximum atomic E-state index is 11.9. The summed E-state index contributed by atoms with van der Waals surface area (Å²) in [5.74, 6) is -0.398. The molecule has 2 rings (SSSR count). The number of rotatable bonds is 4. The van der Waals surface area contributed by atoms with Gasteiger partial charge in [-0.05, 0) is 51.8 Å². The summed E-state index contributed by atoms with van der Waals surface area (Å²) >= 11 is 12.3. The molecule has 0 fully saturated rings. The summed E-state index contributed by atoms with van der Waals surface area (Å²) in [6, 6.07) is 10.3. The van der Waals surface area contributed by atoms with Crippen molar-refractivity contribution in [2.75, 3.05) is 0 Å². The highest BCUT2D eigenvalue weighted by molar-refractivity contribution is 9.11. The molecule has 0 aromatic heterocycles. The van der Waals surface area contributed by atoms with Gasteiger partial charge in [0.25, 0.3) is 0 Å². The van der Waals surface area contributed by atoms with E-state index in [0.717, 1.165) is 5.56 Å². The Hall–Kier alpha value is -1.43. The van der Waals surface area contributed by atoms with Crippen LogP contribution in [-0.2, 0) is 4.79 Å². The second kappa shape index (κ2) is 7.72. The lowest BCUT2D eigenvalue weighted by Crippen LogP contribution is -2.06. The maximum absolute atomic E-state index is 11.9. The Morgan fingerprint density at radius 3 is 2.45 bits per heavy atom. The second-order valence-electron chi connectivity index (χ2n) is 4.23. The fraction of sp³-hybridized carbons (Fsp3) is 0. The van der Waals surface area contributed by atoms with Crippen LogP contribution in [0.15, 0.2) is 51.4 Å². The van der Waals surface area contributed by atoms with Crippen LogP contribution in [0.4, 0.5) is 0 Å². The average Bonchev–Trinajstić information content (AvgIpc) is 2.49. The fourth-order valence-corrected chi connectivity index (χ4v) is 3.11. The molecule has 0 bridgehead atoms. The van der Waals surface area contributed by atoms with Crippen molar-refractivity contribution in [1.29, 1.82) is 0 Å². The molecule has 0 unspecified atom stereocenters. The van der Waals surface area contributed by atoms with Crippen LogP contribution in [0.3, 0.4) is 0 Å². The lowest BCUT2D eigenvalue weighted by Gasteiger charge is -2.07. The summed E-state index contributed by atoms with van der Waals surface area (Å²) in [5.41, 5.74) is 1.08. The van der Waals surface area contributed by atoms with Crippen molar-refractivity contribution < 1.29 is 14.3 Å². The molecule has 0 saturated carbocycles. The molecule has 2 aromatic carbocycles. The summed E-state index contributed by atoms with van der Waals surface area (Å²) in [7, 11) is 0. The standard InChI is InChI=1S/C16H9Br2ClO3/c17-12-7-11(9-20)16(14(18)8-12)22-15(21)6-3-10-1-4-13(19)5-2-10/h1-9H. The first-order valence-corrected chi connectivity index (χ1v) is 8.05. The summed E-state index contributed by atoms with van der Waals surface area (Å²) in [4.78, 5) is 22.9. The molecule has 0 heterocycles. The van der Waals surface area contributed by atoms with E-state index in [0.29, 0.717) is 20.3 Å². The largest absolute Gasteiger partial charge is 0.421 e. The van der Waals surface area contributed by atoms with Gasteiger partial charge in [-0.1, -0.05) is 39.7 Å². The number of aldehydes is 1. The molecule has 112 valence electrons. The van der Waals surface area contributed by atoms with Crippen LogP contribution in [0.25, 0.3) is 6.08 Å². The Morgan fingerprint density at radius 1 is 1.14 bits per heavy atom. The lowest BCUT2D eigenvalue weighted by atomic mass is 10.2. The Balaban J connectivity index is 2.15. The third-order valence-corrected chi connectivity index (χ3v) is 3.95. The van der Waals surface area contributed by atoms with E-state index in [1.165, 1.54) is 6.08 Å². The van der Waals surface area contributed by atoms with Gasteiger partial charge in [-0.25, -0.2) is 4.79 Å². The second-order valence-corrected chi connectivity index (χ2v) is 6.44. The van der Waals surface area contributed by atoms with Gasteiger partial charge in [0.05, 0.1) is 10.0 Å². The van der Waals surface area contributed by atoms with E-state index < -0.39 is 5.97 Å². The molecule has 3 nitrogen and oxygen atoms in total. The highest BCUT2D eigenvalue weighted by Crippen LogP contribution is 2.32. The van der Waals surface area contributed by atoms with E-state index in [1.807, 2.05) is 0 Å². The van der Waals surface area contributed by atoms with Crippen molar-refractivity contribution in [3.8, 4) is 5.75 Å². The van der Waals surface area contributed by atoms with Gasteiger partial charge in [-0.15, -0.1) is 0 Å². The maximum Gasteiger partial charge on any atom is 0.336 e. The van der Waals surface area contributed by atoms with Crippen molar-refractivity contribution in [3.63, 3.8) is 0 Å². The van der Waals surface area contributed by atoms with Crippen LogP contribution in [0.1, 0.15) is 15.9 Å². The SMILES string of the molecule is O=Cc1cc(Br)cc(Br)c1OC(=O)C=Cc1ccc(Cl)cc1. The molecule has 2 aromatic rings. The molecule has 0 aliphatic rings. The molecular weight excluding hydrogens is 435 g/mol. The minimum atomic E-state index is -0.582. The summed E-state index contributed by atoms with van der Waals surface area (Å²) < 4.78 is 6.43. The minimum absolute atomic E-state index is 0.184. The predicted molar refractivity (Wildman–Crippen MR) is 93.4 cm³/mol. The van der Waals surface area contributed by atoms with Crippen LogP contribution in [0.2, 0.25) is 5.02 Å². The van der Waals surface area contributed by atoms with Crippen LogP contribution < -0.4 is 4.74 Å². The monoisotopic (exact) mass is 442 g/mol. The van der Waals surface area contributed by atoms with Crippen molar-refractivity contribution in [1.82, 2.24) is 0 Å². The Kier molecular flexibility index (Phi) is 5.94. The van der Waals surface area contributed by atoms with Crippen molar-refractivity contribution >= 4 is 61.8 Å². The topological polar surface area (TPSA) is 43.4 Å². The van der Waals surface area contributed by atoms with Crippen LogP contribution in [0, 0.1) is 0 Å². The number of hydrogen-bond donors (Lipinski definition) is 0. The number of hydrogen-bond acceptors (Lipinski definition) is 3. The normalized spacial score (nSPS) is 10.7. The van der Waals surface area contributed by atoms with Gasteiger partial charge in [0.1, 0.15) is 0 Å². The minimum Gasteiger partial charge on any atom is -0.421 e. The molecular formula is C16H9Br2ClO3. The molecule has 22 heavy (non-hydrogen) atoms. The van der Waals surface area contributed by atoms with Gasteiger partial charge in [-0.2, -0.15) is 0 Å². The van der Waals surface area contributed by atoms with Crippen molar-refractivity contribution in [2.45, 2.75) is 0 Å². The van der Waals surface area contributed by atoms with Crippen molar-refractivity contribution in [2.24, 2.45) is 0 Å². The van der Waals surface area contributed by atoms with Crippen LogP contribution in [0.5, 0.6) is 5.75 Å². The Morgan fingerprint density at radius 2 is 1.82 bits per heavy atom. The van der Waals surface area contributed by atoms with Crippen LogP contribution >= 0.6 is 43.5 Å². The number of carbonyl (C=O) groups is 2.